The van der Waals surface area contributed by atoms with Crippen LogP contribution in [0.25, 0.3) is 5.70 Å². The lowest BCUT2D eigenvalue weighted by Crippen LogP contribution is -2.21. The summed E-state index contributed by atoms with van der Waals surface area (Å²) in [7, 11) is 0. The maximum atomic E-state index is 6.17. The second kappa shape index (κ2) is 7.70. The molecule has 0 fully saturated rings. The summed E-state index contributed by atoms with van der Waals surface area (Å²) in [6, 6.07) is 10.9. The first-order valence-electron chi connectivity index (χ1n) is 8.73. The normalized spacial score (nSPS) is 14.6. The van der Waals surface area contributed by atoms with Crippen LogP contribution < -0.4 is 19.6 Å². The molecule has 3 aromatic rings. The third-order valence-electron chi connectivity index (χ3n) is 4.32. The van der Waals surface area contributed by atoms with Crippen LogP contribution in [0.3, 0.4) is 0 Å². The van der Waals surface area contributed by atoms with Gasteiger partial charge in [-0.1, -0.05) is 35.0 Å². The van der Waals surface area contributed by atoms with Crippen molar-refractivity contribution in [1.82, 2.24) is 14.9 Å². The summed E-state index contributed by atoms with van der Waals surface area (Å²) in [5, 5.41) is 12.1. The molecule has 1 N–H and O–H groups in total. The topological polar surface area (TPSA) is 70.4 Å². The highest BCUT2D eigenvalue weighted by Crippen LogP contribution is 2.35. The molecule has 2 aromatic carbocycles. The second-order valence-corrected chi connectivity index (χ2v) is 7.90. The Labute approximate surface area is 180 Å². The van der Waals surface area contributed by atoms with Crippen LogP contribution >= 0.6 is 35.0 Å². The van der Waals surface area contributed by atoms with Gasteiger partial charge in [-0.2, -0.15) is 0 Å². The van der Waals surface area contributed by atoms with Crippen LogP contribution in [0.1, 0.15) is 11.4 Å². The Morgan fingerprint density at radius 2 is 1.93 bits per heavy atom. The van der Waals surface area contributed by atoms with E-state index in [-0.39, 0.29) is 6.61 Å². The van der Waals surface area contributed by atoms with Crippen LogP contribution in [0.2, 0.25) is 10.0 Å². The molecule has 7 nitrogen and oxygen atoms in total. The zero-order valence-electron chi connectivity index (χ0n) is 14.9. The lowest BCUT2D eigenvalue weighted by atomic mass is 10.1. The minimum Gasteiger partial charge on any atom is -0.486 e. The van der Waals surface area contributed by atoms with Gasteiger partial charge in [0.25, 0.3) is 0 Å². The summed E-state index contributed by atoms with van der Waals surface area (Å²) < 4.78 is 18.9. The predicted octanol–water partition coefficient (Wildman–Crippen LogP) is 4.58. The molecule has 0 spiro atoms. The Morgan fingerprint density at radius 3 is 2.79 bits per heavy atom. The highest BCUT2D eigenvalue weighted by atomic mass is 35.5. The van der Waals surface area contributed by atoms with Crippen molar-refractivity contribution in [2.24, 2.45) is 0 Å². The molecular formula is C19H14Cl2N4O3S. The Bertz CT molecular complexity index is 1120. The van der Waals surface area contributed by atoms with Gasteiger partial charge in [0.1, 0.15) is 25.6 Å². The monoisotopic (exact) mass is 448 g/mol. The second-order valence-electron chi connectivity index (χ2n) is 6.22. The number of nitrogens with zero attached hydrogens (tertiary/aromatic N) is 3. The summed E-state index contributed by atoms with van der Waals surface area (Å²) in [5.41, 5.74) is 5.19. The zero-order valence-corrected chi connectivity index (χ0v) is 17.2. The molecule has 0 bridgehead atoms. The quantitative estimate of drug-likeness (QED) is 0.625. The van der Waals surface area contributed by atoms with Crippen LogP contribution in [0.5, 0.6) is 17.2 Å². The average molecular weight is 449 g/mol. The molecular weight excluding hydrogens is 435 g/mol. The van der Waals surface area contributed by atoms with Gasteiger partial charge >= 0.3 is 0 Å². The van der Waals surface area contributed by atoms with E-state index in [1.54, 1.807) is 22.9 Å². The van der Waals surface area contributed by atoms with E-state index in [0.717, 1.165) is 22.8 Å². The van der Waals surface area contributed by atoms with Gasteiger partial charge in [0.2, 0.25) is 5.16 Å². The molecule has 10 heteroatoms. The first kappa shape index (κ1) is 18.5. The van der Waals surface area contributed by atoms with Gasteiger partial charge in [0.05, 0.1) is 10.7 Å². The number of rotatable bonds is 4. The van der Waals surface area contributed by atoms with Crippen LogP contribution in [-0.2, 0) is 6.61 Å². The van der Waals surface area contributed by atoms with Crippen molar-refractivity contribution in [2.45, 2.75) is 11.8 Å². The van der Waals surface area contributed by atoms with E-state index in [2.05, 4.69) is 15.6 Å². The molecule has 5 rings (SSSR count). The zero-order chi connectivity index (χ0) is 19.8. The van der Waals surface area contributed by atoms with Crippen LogP contribution in [0.15, 0.2) is 47.0 Å². The van der Waals surface area contributed by atoms with Gasteiger partial charge in [-0.25, -0.2) is 4.68 Å². The number of benzene rings is 2. The highest BCUT2D eigenvalue weighted by Gasteiger charge is 2.21. The first-order valence-corrected chi connectivity index (χ1v) is 10.4. The molecule has 2 aliphatic rings. The number of thioether (sulfide) groups is 1. The Kier molecular flexibility index (Phi) is 4.91. The first-order chi connectivity index (χ1) is 14.2. The highest BCUT2D eigenvalue weighted by molar-refractivity contribution is 8.02. The molecule has 0 amide bonds. The third-order valence-corrected chi connectivity index (χ3v) is 5.68. The van der Waals surface area contributed by atoms with Crippen LogP contribution in [-0.4, -0.2) is 28.1 Å². The molecule has 2 aliphatic heterocycles. The molecule has 0 aliphatic carbocycles. The molecule has 1 aromatic heterocycles. The van der Waals surface area contributed by atoms with Crippen molar-refractivity contribution in [3.63, 3.8) is 0 Å². The molecule has 0 radical (unpaired) electrons. The van der Waals surface area contributed by atoms with E-state index in [9.17, 15) is 0 Å². The van der Waals surface area contributed by atoms with Crippen molar-refractivity contribution in [2.75, 3.05) is 18.6 Å². The SMILES string of the molecule is Clc1ccc(OCc2nnc3n2NC(c2ccc4c(c2)OCCO4)=CS3)c(Cl)c1. The van der Waals surface area contributed by atoms with E-state index in [0.29, 0.717) is 40.0 Å². The maximum absolute atomic E-state index is 6.17. The van der Waals surface area contributed by atoms with Crippen molar-refractivity contribution in [3.8, 4) is 17.2 Å². The number of aromatic nitrogens is 3. The summed E-state index contributed by atoms with van der Waals surface area (Å²) in [6.07, 6.45) is 0. The number of hydrogen-bond acceptors (Lipinski definition) is 7. The van der Waals surface area contributed by atoms with Crippen molar-refractivity contribution in [1.29, 1.82) is 0 Å². The summed E-state index contributed by atoms with van der Waals surface area (Å²) >= 11 is 13.6. The molecule has 0 saturated carbocycles. The van der Waals surface area contributed by atoms with Gasteiger partial charge in [-0.05, 0) is 36.4 Å². The van der Waals surface area contributed by atoms with E-state index in [1.807, 2.05) is 23.6 Å². The number of ether oxygens (including phenoxy) is 3. The van der Waals surface area contributed by atoms with E-state index in [4.69, 9.17) is 37.4 Å². The lowest BCUT2D eigenvalue weighted by molar-refractivity contribution is 0.171. The van der Waals surface area contributed by atoms with Crippen molar-refractivity contribution in [3.05, 3.63) is 63.2 Å². The fraction of sp³-hybridized carbons (Fsp3) is 0.158. The van der Waals surface area contributed by atoms with Gasteiger partial charge < -0.3 is 14.2 Å². The molecule has 3 heterocycles. The fourth-order valence-electron chi connectivity index (χ4n) is 2.92. The van der Waals surface area contributed by atoms with Gasteiger partial charge in [-0.3, -0.25) is 5.43 Å². The van der Waals surface area contributed by atoms with Gasteiger partial charge in [0, 0.05) is 16.0 Å². The molecule has 0 saturated heterocycles. The largest absolute Gasteiger partial charge is 0.486 e. The summed E-state index contributed by atoms with van der Waals surface area (Å²) in [6.45, 7) is 1.30. The Balaban J connectivity index is 1.34. The van der Waals surface area contributed by atoms with Gasteiger partial charge in [0.15, 0.2) is 17.3 Å². The van der Waals surface area contributed by atoms with Crippen LogP contribution in [0.4, 0.5) is 0 Å². The number of hydrogen-bond donors (Lipinski definition) is 1. The summed E-state index contributed by atoms with van der Waals surface area (Å²) in [4.78, 5) is 0. The van der Waals surface area contributed by atoms with E-state index in [1.165, 1.54) is 11.8 Å². The average Bonchev–Trinajstić information content (AvgIpc) is 3.15. The van der Waals surface area contributed by atoms with Crippen molar-refractivity contribution >= 4 is 40.7 Å². The number of halogens is 2. The summed E-state index contributed by atoms with van der Waals surface area (Å²) in [5.74, 6) is 2.63. The van der Waals surface area contributed by atoms with Crippen molar-refractivity contribution < 1.29 is 14.2 Å². The van der Waals surface area contributed by atoms with E-state index >= 15 is 0 Å². The molecule has 29 heavy (non-hydrogen) atoms. The minimum atomic E-state index is 0.191. The smallest absolute Gasteiger partial charge is 0.214 e. The Hall–Kier alpha value is -2.55. The minimum absolute atomic E-state index is 0.191. The maximum Gasteiger partial charge on any atom is 0.214 e. The number of fused-ring (bicyclic) bond motifs is 2. The molecule has 0 unspecified atom stereocenters. The fourth-order valence-corrected chi connectivity index (χ4v) is 4.14. The number of nitrogens with one attached hydrogen (secondary N) is 1. The predicted molar refractivity (Wildman–Crippen MR) is 111 cm³/mol. The van der Waals surface area contributed by atoms with E-state index < -0.39 is 0 Å². The third kappa shape index (κ3) is 3.71. The molecule has 0 atom stereocenters. The standard InChI is InChI=1S/C19H14Cl2N4O3S/c20-12-2-4-15(13(21)8-12)28-9-18-22-23-19-25(18)24-14(10-29-19)11-1-3-16-17(7-11)27-6-5-26-16/h1-4,7-8,10,24H,5-6,9H2. The van der Waals surface area contributed by atoms with Crippen LogP contribution in [0, 0.1) is 0 Å². The molecule has 148 valence electrons. The van der Waals surface area contributed by atoms with Gasteiger partial charge in [-0.15, -0.1) is 10.2 Å². The Morgan fingerprint density at radius 1 is 1.07 bits per heavy atom. The lowest BCUT2D eigenvalue weighted by Gasteiger charge is -2.22.